The molecule has 1 aromatic rings. The fraction of sp³-hybridized carbons (Fsp3) is 0.571. The first-order valence-corrected chi connectivity index (χ1v) is 5.19. The molecule has 3 heteroatoms. The van der Waals surface area contributed by atoms with Crippen molar-refractivity contribution in [3.05, 3.63) is 13.6 Å². The number of halogens is 1. The molecule has 58 valence electrons. The molecule has 1 aromatic heterocycles. The van der Waals surface area contributed by atoms with Crippen molar-refractivity contribution in [3.8, 4) is 0 Å². The predicted octanol–water partition coefficient (Wildman–Crippen LogP) is 3.39. The van der Waals surface area contributed by atoms with Gasteiger partial charge in [-0.05, 0) is 36.4 Å². The summed E-state index contributed by atoms with van der Waals surface area (Å²) in [5, 5.41) is 1.16. The smallest absolute Gasteiger partial charge is 0.0908 e. The van der Waals surface area contributed by atoms with Crippen LogP contribution in [0.4, 0.5) is 0 Å². The summed E-state index contributed by atoms with van der Waals surface area (Å²) in [5.74, 6) is 0. The van der Waals surface area contributed by atoms with Crippen LogP contribution in [0.5, 0.6) is 0 Å². The zero-order valence-corrected chi connectivity index (χ0v) is 9.71. The summed E-state index contributed by atoms with van der Waals surface area (Å²) in [7, 11) is 0. The van der Waals surface area contributed by atoms with Crippen molar-refractivity contribution in [1.82, 2.24) is 4.98 Å². The van der Waals surface area contributed by atoms with E-state index in [1.54, 1.807) is 11.3 Å². The molecule has 0 amide bonds. The fourth-order valence-electron chi connectivity index (χ4n) is 0.506. The topological polar surface area (TPSA) is 12.9 Å². The zero-order chi connectivity index (χ0) is 8.15. The highest BCUT2D eigenvalue weighted by molar-refractivity contribution is 14.1. The van der Waals surface area contributed by atoms with Crippen molar-refractivity contribution in [2.75, 3.05) is 0 Å². The summed E-state index contributed by atoms with van der Waals surface area (Å²) in [6.45, 7) is 8.06. The van der Waals surface area contributed by atoms with E-state index in [0.717, 1.165) is 10.7 Å². The summed E-state index contributed by atoms with van der Waals surface area (Å²) < 4.78 is 1.31. The molecule has 1 nitrogen and oxygen atoms in total. The van der Waals surface area contributed by atoms with E-state index >= 15 is 0 Å². The second kappa shape index (κ2) is 5.07. The SMILES string of the molecule is CC.Cc1nc(C)c(I)s1. The normalized spacial score (nSPS) is 8.50. The van der Waals surface area contributed by atoms with E-state index in [-0.39, 0.29) is 0 Å². The number of thiazole rings is 1. The van der Waals surface area contributed by atoms with E-state index in [4.69, 9.17) is 0 Å². The average Bonchev–Trinajstić information content (AvgIpc) is 2.16. The average molecular weight is 269 g/mol. The maximum atomic E-state index is 4.22. The number of aryl methyl sites for hydroxylation is 2. The highest BCUT2D eigenvalue weighted by Gasteiger charge is 1.97. The van der Waals surface area contributed by atoms with E-state index in [1.165, 1.54) is 2.88 Å². The van der Waals surface area contributed by atoms with Crippen molar-refractivity contribution in [2.24, 2.45) is 0 Å². The molecule has 0 N–H and O–H groups in total. The summed E-state index contributed by atoms with van der Waals surface area (Å²) in [5.41, 5.74) is 1.16. The molecule has 0 radical (unpaired) electrons. The van der Waals surface area contributed by atoms with Gasteiger partial charge >= 0.3 is 0 Å². The quantitative estimate of drug-likeness (QED) is 0.658. The van der Waals surface area contributed by atoms with E-state index in [9.17, 15) is 0 Å². The van der Waals surface area contributed by atoms with Crippen molar-refractivity contribution in [2.45, 2.75) is 27.7 Å². The van der Waals surface area contributed by atoms with Crippen LogP contribution >= 0.6 is 33.9 Å². The van der Waals surface area contributed by atoms with Gasteiger partial charge in [0.2, 0.25) is 0 Å². The number of hydrogen-bond acceptors (Lipinski definition) is 2. The first kappa shape index (κ1) is 10.4. The lowest BCUT2D eigenvalue weighted by atomic mass is 10.6. The molecule has 0 bridgehead atoms. The molecule has 0 aliphatic heterocycles. The summed E-state index contributed by atoms with van der Waals surface area (Å²) >= 11 is 4.05. The van der Waals surface area contributed by atoms with Gasteiger partial charge in [0, 0.05) is 0 Å². The lowest BCUT2D eigenvalue weighted by molar-refractivity contribution is 1.19. The third kappa shape index (κ3) is 2.96. The van der Waals surface area contributed by atoms with Crippen LogP contribution in [0.3, 0.4) is 0 Å². The Hall–Kier alpha value is 0.360. The molecule has 0 saturated carbocycles. The second-order valence-electron chi connectivity index (χ2n) is 1.59. The molecule has 0 atom stereocenters. The van der Waals surface area contributed by atoms with Crippen molar-refractivity contribution in [3.63, 3.8) is 0 Å². The first-order chi connectivity index (χ1) is 4.70. The zero-order valence-electron chi connectivity index (χ0n) is 6.73. The Labute approximate surface area is 80.0 Å². The molecule has 1 rings (SSSR count). The molecular weight excluding hydrogens is 257 g/mol. The molecular formula is C7H12INS. The fourth-order valence-corrected chi connectivity index (χ4v) is 2.22. The minimum absolute atomic E-state index is 1.16. The Balaban J connectivity index is 0.000000371. The van der Waals surface area contributed by atoms with E-state index in [0.29, 0.717) is 0 Å². The highest BCUT2D eigenvalue weighted by atomic mass is 127. The van der Waals surface area contributed by atoms with Crippen molar-refractivity contribution < 1.29 is 0 Å². The Morgan fingerprint density at radius 3 is 1.90 bits per heavy atom. The van der Waals surface area contributed by atoms with Gasteiger partial charge in [-0.15, -0.1) is 11.3 Å². The first-order valence-electron chi connectivity index (χ1n) is 3.29. The Kier molecular flexibility index (Phi) is 5.25. The standard InChI is InChI=1S/C5H6INS.C2H6/c1-3-5(6)8-4(2)7-3;1-2/h1-2H3;1-2H3. The van der Waals surface area contributed by atoms with Crippen LogP contribution in [0.25, 0.3) is 0 Å². The van der Waals surface area contributed by atoms with Crippen LogP contribution in [0.15, 0.2) is 0 Å². The van der Waals surface area contributed by atoms with Crippen LogP contribution in [0, 0.1) is 16.7 Å². The molecule has 1 heterocycles. The van der Waals surface area contributed by atoms with Gasteiger partial charge in [-0.25, -0.2) is 4.98 Å². The summed E-state index contributed by atoms with van der Waals surface area (Å²) in [6.07, 6.45) is 0. The minimum atomic E-state index is 1.16. The van der Waals surface area contributed by atoms with Gasteiger partial charge in [0.1, 0.15) is 0 Å². The Morgan fingerprint density at radius 2 is 1.80 bits per heavy atom. The maximum absolute atomic E-state index is 4.22. The van der Waals surface area contributed by atoms with Crippen molar-refractivity contribution >= 4 is 33.9 Å². The number of aromatic nitrogens is 1. The Morgan fingerprint density at radius 1 is 1.30 bits per heavy atom. The maximum Gasteiger partial charge on any atom is 0.0908 e. The molecule has 0 unspecified atom stereocenters. The van der Waals surface area contributed by atoms with Crippen LogP contribution in [-0.4, -0.2) is 4.98 Å². The number of rotatable bonds is 0. The van der Waals surface area contributed by atoms with Crippen molar-refractivity contribution in [1.29, 1.82) is 0 Å². The summed E-state index contributed by atoms with van der Waals surface area (Å²) in [4.78, 5) is 4.22. The van der Waals surface area contributed by atoms with Gasteiger partial charge in [-0.2, -0.15) is 0 Å². The highest BCUT2D eigenvalue weighted by Crippen LogP contribution is 2.18. The predicted molar refractivity (Wildman–Crippen MR) is 55.7 cm³/mol. The van der Waals surface area contributed by atoms with Crippen LogP contribution in [0.1, 0.15) is 24.5 Å². The second-order valence-corrected chi connectivity index (χ2v) is 4.61. The Bertz CT molecular complexity index is 176. The molecule has 0 aliphatic carbocycles. The van der Waals surface area contributed by atoms with Crippen LogP contribution in [0.2, 0.25) is 0 Å². The molecule has 0 fully saturated rings. The van der Waals surface area contributed by atoms with Crippen LogP contribution in [-0.2, 0) is 0 Å². The van der Waals surface area contributed by atoms with Gasteiger partial charge in [0.25, 0.3) is 0 Å². The summed E-state index contributed by atoms with van der Waals surface area (Å²) in [6, 6.07) is 0. The number of hydrogen-bond donors (Lipinski definition) is 0. The molecule has 0 saturated heterocycles. The van der Waals surface area contributed by atoms with Crippen LogP contribution < -0.4 is 0 Å². The van der Waals surface area contributed by atoms with Gasteiger partial charge in [0.05, 0.1) is 13.6 Å². The van der Waals surface area contributed by atoms with Gasteiger partial charge in [0.15, 0.2) is 0 Å². The molecule has 0 spiro atoms. The third-order valence-corrected chi connectivity index (χ3v) is 3.15. The lowest BCUT2D eigenvalue weighted by Crippen LogP contribution is -1.70. The van der Waals surface area contributed by atoms with Gasteiger partial charge in [-0.3, -0.25) is 0 Å². The largest absolute Gasteiger partial charge is 0.246 e. The minimum Gasteiger partial charge on any atom is -0.246 e. The molecule has 0 aromatic carbocycles. The van der Waals surface area contributed by atoms with E-state index < -0.39 is 0 Å². The monoisotopic (exact) mass is 269 g/mol. The third-order valence-electron chi connectivity index (χ3n) is 0.847. The lowest BCUT2D eigenvalue weighted by Gasteiger charge is -1.75. The van der Waals surface area contributed by atoms with Gasteiger partial charge in [-0.1, -0.05) is 13.8 Å². The van der Waals surface area contributed by atoms with E-state index in [1.807, 2.05) is 27.7 Å². The molecule has 10 heavy (non-hydrogen) atoms. The van der Waals surface area contributed by atoms with Gasteiger partial charge < -0.3 is 0 Å². The van der Waals surface area contributed by atoms with E-state index in [2.05, 4.69) is 27.6 Å². The number of nitrogens with zero attached hydrogens (tertiary/aromatic N) is 1. The molecule has 0 aliphatic rings.